The number of ether oxygens (including phenoxy) is 1. The molecule has 152 valence electrons. The zero-order valence-corrected chi connectivity index (χ0v) is 15.5. The fraction of sp³-hybridized carbons (Fsp3) is 0.619. The molecule has 0 aromatic heterocycles. The highest BCUT2D eigenvalue weighted by molar-refractivity contribution is 5.26. The zero-order chi connectivity index (χ0) is 19.9. The summed E-state index contributed by atoms with van der Waals surface area (Å²) in [7, 11) is 0. The van der Waals surface area contributed by atoms with E-state index in [0.717, 1.165) is 31.2 Å². The Morgan fingerprint density at radius 1 is 1.11 bits per heavy atom. The lowest BCUT2D eigenvalue weighted by Gasteiger charge is -2.30. The van der Waals surface area contributed by atoms with Crippen LogP contribution >= 0.6 is 0 Å². The van der Waals surface area contributed by atoms with Crippen molar-refractivity contribution < 1.29 is 28.1 Å². The number of hydrogen-bond donors (Lipinski definition) is 2. The normalized spacial score (nSPS) is 21.8. The molecule has 1 aromatic carbocycles. The Hall–Kier alpha value is -1.37. The molecule has 2 rings (SSSR count). The lowest BCUT2D eigenvalue weighted by atomic mass is 9.82. The molecule has 1 saturated carbocycles. The zero-order valence-electron chi connectivity index (χ0n) is 15.5. The van der Waals surface area contributed by atoms with Crippen LogP contribution in [0.4, 0.5) is 13.2 Å². The van der Waals surface area contributed by atoms with E-state index in [2.05, 4.69) is 18.7 Å². The highest BCUT2D eigenvalue weighted by Crippen LogP contribution is 2.34. The van der Waals surface area contributed by atoms with E-state index in [1.54, 1.807) is 0 Å². The summed E-state index contributed by atoms with van der Waals surface area (Å²) in [5.74, 6) is 0.433. The predicted octanol–water partition coefficient (Wildman–Crippen LogP) is 4.87. The number of aryl methyl sites for hydroxylation is 1. The third kappa shape index (κ3) is 7.64. The first kappa shape index (κ1) is 21.9. The lowest BCUT2D eigenvalue weighted by Crippen LogP contribution is -2.28. The molecule has 6 heteroatoms. The molecule has 1 aliphatic rings. The predicted molar refractivity (Wildman–Crippen MR) is 98.4 cm³/mol. The number of alkyl halides is 3. The standard InChI is InChI=1S/C21H29F3O3/c1-15(14-25)20(26)27-19-11-9-18(10-12-19)17-7-5-16(6-8-17)4-2-3-13-21(22,23)24/h5-8,18-20,25-26H,1-4,9-14H2. The first-order valence-corrected chi connectivity index (χ1v) is 9.56. The number of aliphatic hydroxyl groups excluding tert-OH is 2. The third-order valence-corrected chi connectivity index (χ3v) is 5.17. The van der Waals surface area contributed by atoms with Crippen molar-refractivity contribution in [3.8, 4) is 0 Å². The number of rotatable bonds is 9. The van der Waals surface area contributed by atoms with Crippen LogP contribution in [0.5, 0.6) is 0 Å². The van der Waals surface area contributed by atoms with Crippen LogP contribution in [0, 0.1) is 0 Å². The van der Waals surface area contributed by atoms with Gasteiger partial charge in [-0.05, 0) is 62.0 Å². The summed E-state index contributed by atoms with van der Waals surface area (Å²) >= 11 is 0. The molecule has 27 heavy (non-hydrogen) atoms. The van der Waals surface area contributed by atoms with Crippen LogP contribution in [0.25, 0.3) is 0 Å². The molecule has 1 unspecified atom stereocenters. The number of aliphatic hydroxyl groups is 2. The molecule has 0 saturated heterocycles. The Bertz CT molecular complexity index is 575. The summed E-state index contributed by atoms with van der Waals surface area (Å²) in [6.45, 7) is 3.27. The van der Waals surface area contributed by atoms with E-state index in [4.69, 9.17) is 9.84 Å². The number of benzene rings is 1. The third-order valence-electron chi connectivity index (χ3n) is 5.17. The molecular weight excluding hydrogens is 357 g/mol. The van der Waals surface area contributed by atoms with Gasteiger partial charge in [-0.15, -0.1) is 0 Å². The van der Waals surface area contributed by atoms with Crippen molar-refractivity contribution in [2.75, 3.05) is 6.61 Å². The van der Waals surface area contributed by atoms with Crippen LogP contribution < -0.4 is 0 Å². The van der Waals surface area contributed by atoms with E-state index in [0.29, 0.717) is 18.8 Å². The van der Waals surface area contributed by atoms with Gasteiger partial charge in [0.1, 0.15) is 0 Å². The molecule has 0 radical (unpaired) electrons. The maximum atomic E-state index is 12.2. The van der Waals surface area contributed by atoms with Crippen LogP contribution in [-0.2, 0) is 11.2 Å². The van der Waals surface area contributed by atoms with Gasteiger partial charge in [-0.1, -0.05) is 30.8 Å². The van der Waals surface area contributed by atoms with Crippen molar-refractivity contribution in [1.82, 2.24) is 0 Å². The topological polar surface area (TPSA) is 49.7 Å². The van der Waals surface area contributed by atoms with Gasteiger partial charge in [-0.25, -0.2) is 0 Å². The van der Waals surface area contributed by atoms with Crippen LogP contribution in [-0.4, -0.2) is 35.4 Å². The quantitative estimate of drug-likeness (QED) is 0.362. The highest BCUT2D eigenvalue weighted by atomic mass is 19.4. The molecule has 3 nitrogen and oxygen atoms in total. The largest absolute Gasteiger partial charge is 0.392 e. The summed E-state index contributed by atoms with van der Waals surface area (Å²) in [5, 5.41) is 18.7. The minimum atomic E-state index is -4.06. The van der Waals surface area contributed by atoms with Gasteiger partial charge in [0, 0.05) is 12.0 Å². The summed E-state index contributed by atoms with van der Waals surface area (Å²) < 4.78 is 42.0. The van der Waals surface area contributed by atoms with Crippen molar-refractivity contribution in [1.29, 1.82) is 0 Å². The minimum absolute atomic E-state index is 0.0348. The van der Waals surface area contributed by atoms with Crippen molar-refractivity contribution in [2.24, 2.45) is 0 Å². The lowest BCUT2D eigenvalue weighted by molar-refractivity contribution is -0.135. The summed E-state index contributed by atoms with van der Waals surface area (Å²) in [6, 6.07) is 8.18. The van der Waals surface area contributed by atoms with E-state index in [1.165, 1.54) is 5.56 Å². The fourth-order valence-corrected chi connectivity index (χ4v) is 3.50. The SMILES string of the molecule is C=C(CO)C(O)OC1CCC(c2ccc(CCCCC(F)(F)F)cc2)CC1. The maximum absolute atomic E-state index is 12.2. The second-order valence-corrected chi connectivity index (χ2v) is 7.34. The van der Waals surface area contributed by atoms with E-state index < -0.39 is 18.9 Å². The second-order valence-electron chi connectivity index (χ2n) is 7.34. The van der Waals surface area contributed by atoms with Gasteiger partial charge in [0.25, 0.3) is 0 Å². The first-order chi connectivity index (χ1) is 12.8. The van der Waals surface area contributed by atoms with Gasteiger partial charge in [-0.3, -0.25) is 0 Å². The van der Waals surface area contributed by atoms with Crippen LogP contribution in [0.2, 0.25) is 0 Å². The van der Waals surface area contributed by atoms with E-state index in [-0.39, 0.29) is 24.7 Å². The Kier molecular flexibility index (Phi) is 8.32. The molecule has 0 aliphatic heterocycles. The monoisotopic (exact) mass is 386 g/mol. The summed E-state index contributed by atoms with van der Waals surface area (Å²) in [6.07, 6.45) is -0.970. The average Bonchev–Trinajstić information content (AvgIpc) is 2.65. The van der Waals surface area contributed by atoms with Gasteiger partial charge in [-0.2, -0.15) is 13.2 Å². The molecule has 2 N–H and O–H groups in total. The number of halogens is 3. The summed E-state index contributed by atoms with van der Waals surface area (Å²) in [4.78, 5) is 0. The van der Waals surface area contributed by atoms with Crippen molar-refractivity contribution in [3.05, 3.63) is 47.5 Å². The number of hydrogen-bond acceptors (Lipinski definition) is 3. The molecule has 0 bridgehead atoms. The van der Waals surface area contributed by atoms with Crippen molar-refractivity contribution in [2.45, 2.75) is 75.9 Å². The molecule has 0 spiro atoms. The van der Waals surface area contributed by atoms with E-state index in [1.807, 2.05) is 12.1 Å². The van der Waals surface area contributed by atoms with E-state index >= 15 is 0 Å². The molecule has 1 aliphatic carbocycles. The Morgan fingerprint density at radius 2 is 1.74 bits per heavy atom. The molecule has 1 aromatic rings. The molecule has 1 fully saturated rings. The molecular formula is C21H29F3O3. The van der Waals surface area contributed by atoms with Gasteiger partial charge >= 0.3 is 6.18 Å². The Balaban J connectivity index is 1.74. The maximum Gasteiger partial charge on any atom is 0.389 e. The summed E-state index contributed by atoms with van der Waals surface area (Å²) in [5.41, 5.74) is 2.58. The Labute approximate surface area is 158 Å². The van der Waals surface area contributed by atoms with Crippen LogP contribution in [0.15, 0.2) is 36.4 Å². The Morgan fingerprint density at radius 3 is 2.30 bits per heavy atom. The number of unbranched alkanes of at least 4 members (excludes halogenated alkanes) is 1. The van der Waals surface area contributed by atoms with E-state index in [9.17, 15) is 18.3 Å². The van der Waals surface area contributed by atoms with Gasteiger partial charge in [0.15, 0.2) is 6.29 Å². The van der Waals surface area contributed by atoms with Crippen LogP contribution in [0.1, 0.15) is 62.0 Å². The first-order valence-electron chi connectivity index (χ1n) is 9.56. The average molecular weight is 386 g/mol. The minimum Gasteiger partial charge on any atom is -0.392 e. The second kappa shape index (κ2) is 10.2. The van der Waals surface area contributed by atoms with Crippen LogP contribution in [0.3, 0.4) is 0 Å². The van der Waals surface area contributed by atoms with Crippen molar-refractivity contribution >= 4 is 0 Å². The van der Waals surface area contributed by atoms with Crippen molar-refractivity contribution in [3.63, 3.8) is 0 Å². The van der Waals surface area contributed by atoms with Gasteiger partial charge < -0.3 is 14.9 Å². The smallest absolute Gasteiger partial charge is 0.389 e. The van der Waals surface area contributed by atoms with Gasteiger partial charge in [0.05, 0.1) is 12.7 Å². The highest BCUT2D eigenvalue weighted by Gasteiger charge is 2.26. The van der Waals surface area contributed by atoms with Gasteiger partial charge in [0.2, 0.25) is 0 Å². The molecule has 1 atom stereocenters. The molecule has 0 heterocycles. The molecule has 0 amide bonds. The fourth-order valence-electron chi connectivity index (χ4n) is 3.50.